The third-order valence-electron chi connectivity index (χ3n) is 0.351. The zero-order valence-corrected chi connectivity index (χ0v) is 7.40. The molecular weight excluding hydrogens is 189 g/mol. The van der Waals surface area contributed by atoms with Gasteiger partial charge < -0.3 is 20.6 Å². The lowest BCUT2D eigenvalue weighted by atomic mass is 10.8. The molecule has 1 amide bonds. The van der Waals surface area contributed by atoms with Crippen LogP contribution in [0.2, 0.25) is 0 Å². The lowest BCUT2D eigenvalue weighted by molar-refractivity contribution is -0.115. The van der Waals surface area contributed by atoms with E-state index in [1.165, 1.54) is 6.92 Å². The van der Waals surface area contributed by atoms with Gasteiger partial charge in [0.05, 0.1) is 13.2 Å². The van der Waals surface area contributed by atoms with Crippen LogP contribution in [0.15, 0.2) is 0 Å². The maximum absolute atomic E-state index is 9.75. The van der Waals surface area contributed by atoms with Crippen LogP contribution in [0.4, 0.5) is 0 Å². The summed E-state index contributed by atoms with van der Waals surface area (Å²) >= 11 is 0. The SMILES string of the molecule is CC(N)=O.O=P(O)(O)OCCO. The van der Waals surface area contributed by atoms with E-state index in [2.05, 4.69) is 10.3 Å². The predicted octanol–water partition coefficient (Wildman–Crippen LogP) is -1.42. The molecule has 0 aromatic heterocycles. The van der Waals surface area contributed by atoms with E-state index in [1.54, 1.807) is 0 Å². The maximum atomic E-state index is 9.75. The van der Waals surface area contributed by atoms with Gasteiger partial charge in [0.15, 0.2) is 0 Å². The molecule has 8 heteroatoms. The van der Waals surface area contributed by atoms with Crippen molar-refractivity contribution in [3.63, 3.8) is 0 Å². The topological polar surface area (TPSA) is 130 Å². The highest BCUT2D eigenvalue weighted by atomic mass is 31.2. The molecule has 0 saturated heterocycles. The van der Waals surface area contributed by atoms with Crippen molar-refractivity contribution >= 4 is 13.7 Å². The summed E-state index contributed by atoms with van der Waals surface area (Å²) in [4.78, 5) is 25.1. The number of primary amides is 1. The van der Waals surface area contributed by atoms with Crippen LogP contribution in [0.1, 0.15) is 6.92 Å². The summed E-state index contributed by atoms with van der Waals surface area (Å²) in [5, 5.41) is 7.96. The van der Waals surface area contributed by atoms with E-state index >= 15 is 0 Å². The third kappa shape index (κ3) is 33.8. The molecule has 0 fully saturated rings. The van der Waals surface area contributed by atoms with Gasteiger partial charge in [-0.15, -0.1) is 0 Å². The molecule has 0 saturated carbocycles. The van der Waals surface area contributed by atoms with E-state index in [9.17, 15) is 9.36 Å². The van der Waals surface area contributed by atoms with Gasteiger partial charge in [0.25, 0.3) is 0 Å². The Balaban J connectivity index is 0. The number of phosphoric acid groups is 1. The minimum atomic E-state index is -4.34. The molecule has 7 nitrogen and oxygen atoms in total. The van der Waals surface area contributed by atoms with Crippen LogP contribution < -0.4 is 5.73 Å². The molecule has 0 atom stereocenters. The molecule has 0 rings (SSSR count). The molecule has 12 heavy (non-hydrogen) atoms. The molecule has 0 aliphatic carbocycles. The summed E-state index contributed by atoms with van der Waals surface area (Å²) in [6.07, 6.45) is 0. The summed E-state index contributed by atoms with van der Waals surface area (Å²) in [6.45, 7) is 0.593. The Labute approximate surface area is 69.4 Å². The second-order valence-electron chi connectivity index (χ2n) is 1.66. The molecule has 5 N–H and O–H groups in total. The van der Waals surface area contributed by atoms with Gasteiger partial charge in [0, 0.05) is 6.92 Å². The lowest BCUT2D eigenvalue weighted by Crippen LogP contribution is -2.01. The first-order valence-electron chi connectivity index (χ1n) is 2.86. The van der Waals surface area contributed by atoms with Crippen LogP contribution in [-0.2, 0) is 13.9 Å². The van der Waals surface area contributed by atoms with Crippen molar-refractivity contribution in [2.75, 3.05) is 13.2 Å². The van der Waals surface area contributed by atoms with E-state index in [4.69, 9.17) is 14.9 Å². The average Bonchev–Trinajstić information content (AvgIpc) is 1.80. The van der Waals surface area contributed by atoms with Crippen LogP contribution in [0.25, 0.3) is 0 Å². The number of carbonyl (C=O) groups excluding carboxylic acids is 1. The van der Waals surface area contributed by atoms with Gasteiger partial charge >= 0.3 is 7.82 Å². The highest BCUT2D eigenvalue weighted by Gasteiger charge is 2.11. The molecule has 0 bridgehead atoms. The molecule has 0 aromatic rings. The van der Waals surface area contributed by atoms with Crippen molar-refractivity contribution in [3.8, 4) is 0 Å². The van der Waals surface area contributed by atoms with Crippen molar-refractivity contribution in [2.24, 2.45) is 5.73 Å². The van der Waals surface area contributed by atoms with Crippen molar-refractivity contribution < 1.29 is 28.8 Å². The summed E-state index contributed by atoms with van der Waals surface area (Å²) in [6, 6.07) is 0. The molecule has 0 aromatic carbocycles. The van der Waals surface area contributed by atoms with Crippen LogP contribution in [0, 0.1) is 0 Å². The number of hydrogen-bond acceptors (Lipinski definition) is 4. The van der Waals surface area contributed by atoms with Crippen molar-refractivity contribution in [1.82, 2.24) is 0 Å². The molecular formula is C4H12NO6P. The molecule has 0 aliphatic rings. The number of rotatable bonds is 3. The van der Waals surface area contributed by atoms with Crippen molar-refractivity contribution in [2.45, 2.75) is 6.92 Å². The minimum Gasteiger partial charge on any atom is -0.394 e. The Morgan fingerprint density at radius 3 is 2.00 bits per heavy atom. The molecule has 0 unspecified atom stereocenters. The lowest BCUT2D eigenvalue weighted by Gasteiger charge is -2.00. The van der Waals surface area contributed by atoms with Crippen molar-refractivity contribution in [3.05, 3.63) is 0 Å². The summed E-state index contributed by atoms with van der Waals surface area (Å²) in [5.74, 6) is -0.333. The second-order valence-corrected chi connectivity index (χ2v) is 2.90. The number of nitrogens with two attached hydrogens (primary N) is 1. The smallest absolute Gasteiger partial charge is 0.394 e. The quantitative estimate of drug-likeness (QED) is 0.414. The number of aliphatic hydroxyl groups is 1. The number of hydrogen-bond donors (Lipinski definition) is 4. The van der Waals surface area contributed by atoms with Crippen molar-refractivity contribution in [1.29, 1.82) is 0 Å². The zero-order valence-electron chi connectivity index (χ0n) is 6.51. The molecule has 0 aliphatic heterocycles. The monoisotopic (exact) mass is 201 g/mol. The van der Waals surface area contributed by atoms with Gasteiger partial charge in [-0.1, -0.05) is 0 Å². The zero-order chi connectivity index (χ0) is 10.2. The minimum absolute atomic E-state index is 0.329. The predicted molar refractivity (Wildman–Crippen MR) is 40.0 cm³/mol. The van der Waals surface area contributed by atoms with Gasteiger partial charge in [-0.05, 0) is 0 Å². The first kappa shape index (κ1) is 14.1. The summed E-state index contributed by atoms with van der Waals surface area (Å²) in [7, 11) is -4.34. The Hall–Kier alpha value is -0.460. The second kappa shape index (κ2) is 7.20. The van der Waals surface area contributed by atoms with Crippen LogP contribution >= 0.6 is 7.82 Å². The van der Waals surface area contributed by atoms with Gasteiger partial charge in [-0.25, -0.2) is 4.57 Å². The Morgan fingerprint density at radius 1 is 1.58 bits per heavy atom. The van der Waals surface area contributed by atoms with Crippen LogP contribution in [-0.4, -0.2) is 34.0 Å². The molecule has 74 valence electrons. The average molecular weight is 201 g/mol. The Kier molecular flexibility index (Phi) is 8.46. The fraction of sp³-hybridized carbons (Fsp3) is 0.750. The highest BCUT2D eigenvalue weighted by Crippen LogP contribution is 2.34. The maximum Gasteiger partial charge on any atom is 0.469 e. The molecule has 0 spiro atoms. The Morgan fingerprint density at radius 2 is 1.92 bits per heavy atom. The standard InChI is InChI=1S/C2H5NO.C2H7O5P/c1-2(3)4;3-1-2-7-8(4,5)6/h1H3,(H2,3,4);3H,1-2H2,(H2,4,5,6). The number of carbonyl (C=O) groups is 1. The van der Waals surface area contributed by atoms with Crippen LogP contribution in [0.3, 0.4) is 0 Å². The third-order valence-corrected chi connectivity index (χ3v) is 0.870. The largest absolute Gasteiger partial charge is 0.469 e. The van der Waals surface area contributed by atoms with Gasteiger partial charge in [0.2, 0.25) is 5.91 Å². The fourth-order valence-electron chi connectivity index (χ4n) is 0.160. The van der Waals surface area contributed by atoms with Gasteiger partial charge in [0.1, 0.15) is 0 Å². The van der Waals surface area contributed by atoms with Crippen LogP contribution in [0.5, 0.6) is 0 Å². The van der Waals surface area contributed by atoms with E-state index in [1.807, 2.05) is 0 Å². The van der Waals surface area contributed by atoms with E-state index in [-0.39, 0.29) is 19.1 Å². The fourth-order valence-corrected chi connectivity index (χ4v) is 0.479. The Bertz CT molecular complexity index is 161. The number of aliphatic hydroxyl groups excluding tert-OH is 1. The summed E-state index contributed by atoms with van der Waals surface area (Å²) < 4.78 is 13.5. The normalized spacial score (nSPS) is 10.0. The van der Waals surface area contributed by atoms with E-state index < -0.39 is 7.82 Å². The number of phosphoric ester groups is 1. The molecule has 0 radical (unpaired) electrons. The highest BCUT2D eigenvalue weighted by molar-refractivity contribution is 7.46. The first-order chi connectivity index (χ1) is 5.29. The summed E-state index contributed by atoms with van der Waals surface area (Å²) in [5.41, 5.74) is 4.47. The van der Waals surface area contributed by atoms with Gasteiger partial charge in [-0.2, -0.15) is 0 Å². The molecule has 0 heterocycles. The number of amides is 1. The van der Waals surface area contributed by atoms with E-state index in [0.717, 1.165) is 0 Å². The first-order valence-corrected chi connectivity index (χ1v) is 4.39. The van der Waals surface area contributed by atoms with Gasteiger partial charge in [-0.3, -0.25) is 9.32 Å². The van der Waals surface area contributed by atoms with E-state index in [0.29, 0.717) is 0 Å².